The summed E-state index contributed by atoms with van der Waals surface area (Å²) in [5.41, 5.74) is 0. The van der Waals surface area contributed by atoms with Crippen molar-refractivity contribution in [1.82, 2.24) is 9.96 Å². The van der Waals surface area contributed by atoms with Crippen LogP contribution in [0.4, 0.5) is 0 Å². The first-order chi connectivity index (χ1) is 14.7. The molecule has 0 N–H and O–H groups in total. The molecule has 2 aliphatic rings. The summed E-state index contributed by atoms with van der Waals surface area (Å²) in [5, 5.41) is 0.465. The SMILES string of the molecule is O=CCC(=O)CCCC(=O)N1C(=O)CCC1=O.O=CCCC(=O)ON1C(=O)CCC1=O. The van der Waals surface area contributed by atoms with Gasteiger partial charge in [0.05, 0.1) is 12.8 Å². The quantitative estimate of drug-likeness (QED) is 0.247. The lowest BCUT2D eigenvalue weighted by atomic mass is 10.1. The molecule has 2 heterocycles. The van der Waals surface area contributed by atoms with Crippen LogP contribution in [0.1, 0.15) is 64.2 Å². The number of rotatable bonds is 10. The van der Waals surface area contributed by atoms with Gasteiger partial charge in [-0.2, -0.15) is 0 Å². The van der Waals surface area contributed by atoms with E-state index in [0.717, 1.165) is 0 Å². The number of hydrogen-bond acceptors (Lipinski definition) is 10. The standard InChI is InChI=1S/C11H13NO5.C8H9NO5/c13-7-6-8(14)2-1-3-9(15)12-10(16)4-5-11(12)17;10-5-1-2-8(13)14-9-6(11)3-4-7(9)12/h7H,1-6H2;5H,1-4H2. The monoisotopic (exact) mass is 438 g/mol. The van der Waals surface area contributed by atoms with Gasteiger partial charge < -0.3 is 14.4 Å². The Morgan fingerprint density at radius 2 is 1.32 bits per heavy atom. The Bertz CT molecular complexity index is 757. The number of hydroxylamine groups is 2. The van der Waals surface area contributed by atoms with Gasteiger partial charge in [0.25, 0.3) is 11.8 Å². The molecule has 0 aromatic heterocycles. The summed E-state index contributed by atoms with van der Waals surface area (Å²) in [5.74, 6) is -3.54. The first-order valence-corrected chi connectivity index (χ1v) is 9.55. The number of carbonyl (C=O) groups is 9. The van der Waals surface area contributed by atoms with Crippen LogP contribution in [0.25, 0.3) is 0 Å². The van der Waals surface area contributed by atoms with Gasteiger partial charge in [-0.05, 0) is 6.42 Å². The second kappa shape index (κ2) is 12.9. The normalized spacial score (nSPS) is 15.5. The van der Waals surface area contributed by atoms with Crippen LogP contribution in [0, 0.1) is 0 Å². The maximum absolute atomic E-state index is 11.5. The van der Waals surface area contributed by atoms with Crippen LogP contribution in [0.2, 0.25) is 0 Å². The molecular weight excluding hydrogens is 416 g/mol. The molecule has 0 spiro atoms. The summed E-state index contributed by atoms with van der Waals surface area (Å²) in [6.07, 6.45) is 1.45. The lowest BCUT2D eigenvalue weighted by Gasteiger charge is -2.11. The highest BCUT2D eigenvalue weighted by Crippen LogP contribution is 2.14. The summed E-state index contributed by atoms with van der Waals surface area (Å²) < 4.78 is 0. The minimum absolute atomic E-state index is 0.0229. The number of nitrogens with zero attached hydrogens (tertiary/aromatic N) is 2. The number of amides is 5. The predicted molar refractivity (Wildman–Crippen MR) is 98.1 cm³/mol. The van der Waals surface area contributed by atoms with Crippen molar-refractivity contribution in [2.45, 2.75) is 64.2 Å². The van der Waals surface area contributed by atoms with E-state index < -0.39 is 35.5 Å². The maximum atomic E-state index is 11.5. The van der Waals surface area contributed by atoms with E-state index >= 15 is 0 Å². The fourth-order valence-electron chi connectivity index (χ4n) is 2.58. The van der Waals surface area contributed by atoms with Gasteiger partial charge in [0.1, 0.15) is 18.4 Å². The number of hydrogen-bond donors (Lipinski definition) is 0. The second-order valence-electron chi connectivity index (χ2n) is 6.53. The summed E-state index contributed by atoms with van der Waals surface area (Å²) >= 11 is 0. The minimum atomic E-state index is -0.749. The molecule has 5 amide bonds. The van der Waals surface area contributed by atoms with Gasteiger partial charge >= 0.3 is 5.97 Å². The molecular formula is C19H22N2O10. The number of likely N-dealkylation sites (tertiary alicyclic amines) is 1. The van der Waals surface area contributed by atoms with Crippen LogP contribution >= 0.6 is 0 Å². The van der Waals surface area contributed by atoms with E-state index in [1.165, 1.54) is 0 Å². The van der Waals surface area contributed by atoms with E-state index in [1.54, 1.807) is 0 Å². The van der Waals surface area contributed by atoms with Gasteiger partial charge in [0, 0.05) is 44.9 Å². The molecule has 0 atom stereocenters. The van der Waals surface area contributed by atoms with Crippen molar-refractivity contribution in [3.05, 3.63) is 0 Å². The molecule has 0 aliphatic carbocycles. The highest BCUT2D eigenvalue weighted by Gasteiger charge is 2.34. The Labute approximate surface area is 176 Å². The highest BCUT2D eigenvalue weighted by atomic mass is 16.7. The van der Waals surface area contributed by atoms with E-state index in [-0.39, 0.29) is 70.0 Å². The lowest BCUT2D eigenvalue weighted by Crippen LogP contribution is -2.35. The molecule has 168 valence electrons. The zero-order chi connectivity index (χ0) is 23.4. The number of carbonyl (C=O) groups excluding carboxylic acids is 9. The van der Waals surface area contributed by atoms with E-state index in [2.05, 4.69) is 4.84 Å². The fourth-order valence-corrected chi connectivity index (χ4v) is 2.58. The molecule has 0 radical (unpaired) electrons. The van der Waals surface area contributed by atoms with Crippen LogP contribution < -0.4 is 0 Å². The number of Topliss-reactive ketones (excluding diaryl/α,β-unsaturated/α-hetero) is 1. The van der Waals surface area contributed by atoms with Crippen molar-refractivity contribution < 1.29 is 48.0 Å². The van der Waals surface area contributed by atoms with Crippen molar-refractivity contribution in [2.24, 2.45) is 0 Å². The molecule has 12 heteroatoms. The van der Waals surface area contributed by atoms with E-state index in [1.807, 2.05) is 0 Å². The second-order valence-corrected chi connectivity index (χ2v) is 6.53. The molecule has 31 heavy (non-hydrogen) atoms. The third-order valence-electron chi connectivity index (χ3n) is 4.12. The summed E-state index contributed by atoms with van der Waals surface area (Å²) in [4.78, 5) is 103. The van der Waals surface area contributed by atoms with Crippen molar-refractivity contribution in [2.75, 3.05) is 0 Å². The molecule has 12 nitrogen and oxygen atoms in total. The number of imide groups is 4. The van der Waals surface area contributed by atoms with Crippen molar-refractivity contribution >= 4 is 53.9 Å². The zero-order valence-electron chi connectivity index (χ0n) is 16.7. The van der Waals surface area contributed by atoms with Crippen LogP contribution in [-0.2, 0) is 48.0 Å². The molecule has 2 aliphatic heterocycles. The molecule has 0 unspecified atom stereocenters. The van der Waals surface area contributed by atoms with Gasteiger partial charge in [-0.15, -0.1) is 5.06 Å². The lowest BCUT2D eigenvalue weighted by molar-refractivity contribution is -0.197. The van der Waals surface area contributed by atoms with Gasteiger partial charge in [0.2, 0.25) is 17.7 Å². The zero-order valence-corrected chi connectivity index (χ0v) is 16.7. The molecule has 0 bridgehead atoms. The van der Waals surface area contributed by atoms with Gasteiger partial charge in [0.15, 0.2) is 0 Å². The predicted octanol–water partition coefficient (Wildman–Crippen LogP) is -0.437. The molecule has 2 fully saturated rings. The third-order valence-corrected chi connectivity index (χ3v) is 4.12. The molecule has 2 rings (SSSR count). The van der Waals surface area contributed by atoms with Gasteiger partial charge in [-0.1, -0.05) is 0 Å². The summed E-state index contributed by atoms with van der Waals surface area (Å²) in [6.45, 7) is 0. The van der Waals surface area contributed by atoms with Gasteiger partial charge in [-0.25, -0.2) is 9.69 Å². The minimum Gasteiger partial charge on any atom is -0.330 e. The van der Waals surface area contributed by atoms with Crippen LogP contribution in [0.15, 0.2) is 0 Å². The molecule has 0 aromatic rings. The summed E-state index contributed by atoms with van der Waals surface area (Å²) in [7, 11) is 0. The van der Waals surface area contributed by atoms with Crippen molar-refractivity contribution in [1.29, 1.82) is 0 Å². The van der Waals surface area contributed by atoms with Crippen LogP contribution in [-0.4, -0.2) is 63.8 Å². The molecule has 0 aromatic carbocycles. The average Bonchev–Trinajstić information content (AvgIpc) is 3.22. The first-order valence-electron chi connectivity index (χ1n) is 9.55. The van der Waals surface area contributed by atoms with Crippen molar-refractivity contribution in [3.63, 3.8) is 0 Å². The smallest absolute Gasteiger partial charge is 0.330 e. The average molecular weight is 438 g/mol. The van der Waals surface area contributed by atoms with Gasteiger partial charge in [-0.3, -0.25) is 28.8 Å². The summed E-state index contributed by atoms with van der Waals surface area (Å²) in [6, 6.07) is 0. The third kappa shape index (κ3) is 8.36. The Morgan fingerprint density at radius 3 is 1.84 bits per heavy atom. The largest absolute Gasteiger partial charge is 0.333 e. The Morgan fingerprint density at radius 1 is 0.774 bits per heavy atom. The number of ketones is 1. The van der Waals surface area contributed by atoms with Crippen molar-refractivity contribution in [3.8, 4) is 0 Å². The number of aldehydes is 2. The topological polar surface area (TPSA) is 169 Å². The van der Waals surface area contributed by atoms with E-state index in [4.69, 9.17) is 0 Å². The molecule has 2 saturated heterocycles. The maximum Gasteiger partial charge on any atom is 0.333 e. The first kappa shape index (κ1) is 25.5. The Kier molecular flexibility index (Phi) is 10.6. The molecule has 0 saturated carbocycles. The van der Waals surface area contributed by atoms with Crippen LogP contribution in [0.3, 0.4) is 0 Å². The van der Waals surface area contributed by atoms with E-state index in [0.29, 0.717) is 22.5 Å². The Balaban J connectivity index is 0.000000316. The van der Waals surface area contributed by atoms with Crippen LogP contribution in [0.5, 0.6) is 0 Å². The fraction of sp³-hybridized carbons (Fsp3) is 0.526. The highest BCUT2D eigenvalue weighted by molar-refractivity contribution is 6.15. The van der Waals surface area contributed by atoms with E-state index in [9.17, 15) is 43.2 Å². The Hall–Kier alpha value is -3.57.